The molecule has 1 unspecified atom stereocenters. The van der Waals surface area contributed by atoms with Crippen LogP contribution in [0, 0.1) is 11.3 Å². The highest BCUT2D eigenvalue weighted by molar-refractivity contribution is 7.15. The summed E-state index contributed by atoms with van der Waals surface area (Å²) in [6.07, 6.45) is 3.57. The first-order valence-corrected chi connectivity index (χ1v) is 10.0. The third-order valence-corrected chi connectivity index (χ3v) is 6.79. The molecule has 6 nitrogen and oxygen atoms in total. The first-order chi connectivity index (χ1) is 13.1. The van der Waals surface area contributed by atoms with E-state index in [0.717, 1.165) is 47.1 Å². The summed E-state index contributed by atoms with van der Waals surface area (Å²) in [4.78, 5) is 19.8. The molecular formula is C20H24N2O4S. The summed E-state index contributed by atoms with van der Waals surface area (Å²) in [5.74, 6) is -0.178. The van der Waals surface area contributed by atoms with Crippen LogP contribution in [0.1, 0.15) is 17.7 Å². The molecule has 2 aromatic rings. The van der Waals surface area contributed by atoms with Gasteiger partial charge in [0.25, 0.3) is 0 Å². The van der Waals surface area contributed by atoms with Gasteiger partial charge in [0.15, 0.2) is 0 Å². The van der Waals surface area contributed by atoms with Crippen LogP contribution in [0.2, 0.25) is 0 Å². The molecule has 0 saturated carbocycles. The zero-order valence-electron chi connectivity index (χ0n) is 15.4. The van der Waals surface area contributed by atoms with Crippen LogP contribution in [0.5, 0.6) is 5.75 Å². The summed E-state index contributed by atoms with van der Waals surface area (Å²) in [5, 5.41) is 10.7. The van der Waals surface area contributed by atoms with Crippen molar-refractivity contribution >= 4 is 17.3 Å². The summed E-state index contributed by atoms with van der Waals surface area (Å²) < 4.78 is 10.8. The minimum Gasteiger partial charge on any atom is -0.497 e. The Bertz CT molecular complexity index is 816. The lowest BCUT2D eigenvalue weighted by molar-refractivity contribution is -0.147. The number of aromatic nitrogens is 1. The summed E-state index contributed by atoms with van der Waals surface area (Å²) in [7, 11) is 1.66. The second-order valence-electron chi connectivity index (χ2n) is 7.40. The summed E-state index contributed by atoms with van der Waals surface area (Å²) >= 11 is 1.66. The van der Waals surface area contributed by atoms with Crippen LogP contribution in [0.15, 0.2) is 30.5 Å². The highest BCUT2D eigenvalue weighted by Crippen LogP contribution is 2.45. The van der Waals surface area contributed by atoms with Crippen molar-refractivity contribution in [3.63, 3.8) is 0 Å². The number of ether oxygens (including phenoxy) is 2. The maximum Gasteiger partial charge on any atom is 0.308 e. The second-order valence-corrected chi connectivity index (χ2v) is 8.51. The third-order valence-electron chi connectivity index (χ3n) is 5.75. The lowest BCUT2D eigenvalue weighted by Gasteiger charge is -2.36. The molecule has 1 spiro atoms. The van der Waals surface area contributed by atoms with Gasteiger partial charge in [-0.2, -0.15) is 0 Å². The van der Waals surface area contributed by atoms with Crippen LogP contribution in [0.25, 0.3) is 10.6 Å². The molecule has 27 heavy (non-hydrogen) atoms. The number of hydrogen-bond donors (Lipinski definition) is 1. The fourth-order valence-corrected chi connectivity index (χ4v) is 5.26. The molecule has 3 heterocycles. The van der Waals surface area contributed by atoms with Crippen molar-refractivity contribution < 1.29 is 19.4 Å². The number of carboxylic acid groups (broad SMARTS) is 1. The Morgan fingerprint density at radius 3 is 3.00 bits per heavy atom. The Morgan fingerprint density at radius 1 is 1.44 bits per heavy atom. The number of aliphatic carboxylic acids is 1. The summed E-state index contributed by atoms with van der Waals surface area (Å²) in [6.45, 7) is 3.49. The van der Waals surface area contributed by atoms with E-state index in [0.29, 0.717) is 19.8 Å². The number of carboxylic acids is 1. The van der Waals surface area contributed by atoms with Crippen LogP contribution in [-0.2, 0) is 16.1 Å². The quantitative estimate of drug-likeness (QED) is 0.848. The Hall–Kier alpha value is -1.96. The van der Waals surface area contributed by atoms with Gasteiger partial charge in [0.2, 0.25) is 0 Å². The van der Waals surface area contributed by atoms with Crippen molar-refractivity contribution in [2.45, 2.75) is 19.4 Å². The average Bonchev–Trinajstić information content (AvgIpc) is 3.28. The predicted octanol–water partition coefficient (Wildman–Crippen LogP) is 3.13. The van der Waals surface area contributed by atoms with Crippen molar-refractivity contribution in [1.82, 2.24) is 9.88 Å². The molecular weight excluding hydrogens is 364 g/mol. The second kappa shape index (κ2) is 7.58. The number of thiazole rings is 1. The van der Waals surface area contributed by atoms with Gasteiger partial charge >= 0.3 is 5.97 Å². The Balaban J connectivity index is 1.48. The number of nitrogens with zero attached hydrogens (tertiary/aromatic N) is 2. The van der Waals surface area contributed by atoms with Crippen LogP contribution < -0.4 is 4.74 Å². The molecule has 2 aliphatic rings. The Kier molecular flexibility index (Phi) is 5.16. The predicted molar refractivity (Wildman–Crippen MR) is 103 cm³/mol. The molecule has 0 aliphatic carbocycles. The van der Waals surface area contributed by atoms with E-state index in [4.69, 9.17) is 9.47 Å². The lowest BCUT2D eigenvalue weighted by Crippen LogP contribution is -2.40. The smallest absolute Gasteiger partial charge is 0.308 e. The van der Waals surface area contributed by atoms with Gasteiger partial charge in [-0.1, -0.05) is 12.1 Å². The molecule has 2 fully saturated rings. The number of carbonyl (C=O) groups is 1. The number of rotatable bonds is 5. The SMILES string of the molecule is COc1cccc(-c2ncc(CN3CC(C(=O)O)C4(CCOCC4)C3)s2)c1. The lowest BCUT2D eigenvalue weighted by atomic mass is 9.72. The van der Waals surface area contributed by atoms with Crippen molar-refractivity contribution in [1.29, 1.82) is 0 Å². The third kappa shape index (κ3) is 3.72. The Morgan fingerprint density at radius 2 is 2.26 bits per heavy atom. The van der Waals surface area contributed by atoms with Gasteiger partial charge in [-0.05, 0) is 25.0 Å². The van der Waals surface area contributed by atoms with E-state index in [2.05, 4.69) is 9.88 Å². The minimum absolute atomic E-state index is 0.148. The van der Waals surface area contributed by atoms with Gasteiger partial charge in [-0.15, -0.1) is 11.3 Å². The van der Waals surface area contributed by atoms with Crippen LogP contribution in [-0.4, -0.2) is 54.4 Å². The van der Waals surface area contributed by atoms with E-state index in [-0.39, 0.29) is 11.3 Å². The minimum atomic E-state index is -0.680. The Labute approximate surface area is 162 Å². The van der Waals surface area contributed by atoms with E-state index in [1.165, 1.54) is 0 Å². The molecule has 7 heteroatoms. The van der Waals surface area contributed by atoms with Crippen molar-refractivity contribution in [3.8, 4) is 16.3 Å². The highest BCUT2D eigenvalue weighted by Gasteiger charge is 2.50. The normalized spacial score (nSPS) is 22.2. The standard InChI is InChI=1S/C20H24N2O4S/c1-25-15-4-2-3-14(9-15)18-21-10-16(27-18)11-22-12-17(19(23)24)20(13-22)5-7-26-8-6-20/h2-4,9-10,17H,5-8,11-13H2,1H3,(H,23,24). The van der Waals surface area contributed by atoms with Gasteiger partial charge in [0.1, 0.15) is 10.8 Å². The van der Waals surface area contributed by atoms with Crippen molar-refractivity contribution in [2.75, 3.05) is 33.4 Å². The largest absolute Gasteiger partial charge is 0.497 e. The monoisotopic (exact) mass is 388 g/mol. The number of hydrogen-bond acceptors (Lipinski definition) is 6. The molecule has 0 amide bonds. The molecule has 144 valence electrons. The highest BCUT2D eigenvalue weighted by atomic mass is 32.1. The number of benzene rings is 1. The van der Waals surface area contributed by atoms with E-state index < -0.39 is 5.97 Å². The van der Waals surface area contributed by atoms with E-state index >= 15 is 0 Å². The number of likely N-dealkylation sites (tertiary alicyclic amines) is 1. The topological polar surface area (TPSA) is 71.9 Å². The van der Waals surface area contributed by atoms with E-state index in [1.54, 1.807) is 18.4 Å². The fourth-order valence-electron chi connectivity index (χ4n) is 4.31. The van der Waals surface area contributed by atoms with Gasteiger partial charge in [0, 0.05) is 54.9 Å². The molecule has 1 atom stereocenters. The molecule has 2 aliphatic heterocycles. The van der Waals surface area contributed by atoms with Crippen LogP contribution >= 0.6 is 11.3 Å². The fraction of sp³-hybridized carbons (Fsp3) is 0.500. The molecule has 0 bridgehead atoms. The number of methoxy groups -OCH3 is 1. The maximum atomic E-state index is 11.8. The first kappa shape index (κ1) is 18.4. The van der Waals surface area contributed by atoms with Crippen molar-refractivity contribution in [3.05, 3.63) is 35.3 Å². The van der Waals surface area contributed by atoms with Crippen LogP contribution in [0.4, 0.5) is 0 Å². The van der Waals surface area contributed by atoms with E-state index in [9.17, 15) is 9.90 Å². The molecule has 2 saturated heterocycles. The molecule has 4 rings (SSSR count). The first-order valence-electron chi connectivity index (χ1n) is 9.22. The van der Waals surface area contributed by atoms with Gasteiger partial charge in [-0.25, -0.2) is 4.98 Å². The van der Waals surface area contributed by atoms with Crippen LogP contribution in [0.3, 0.4) is 0 Å². The van der Waals surface area contributed by atoms with E-state index in [1.807, 2.05) is 30.5 Å². The van der Waals surface area contributed by atoms with Crippen molar-refractivity contribution in [2.24, 2.45) is 11.3 Å². The van der Waals surface area contributed by atoms with Gasteiger partial charge in [-0.3, -0.25) is 9.69 Å². The molecule has 1 N–H and O–H groups in total. The molecule has 1 aromatic heterocycles. The zero-order valence-corrected chi connectivity index (χ0v) is 16.2. The zero-order chi connectivity index (χ0) is 18.9. The molecule has 0 radical (unpaired) electrons. The maximum absolute atomic E-state index is 11.8. The summed E-state index contributed by atoms with van der Waals surface area (Å²) in [6, 6.07) is 7.89. The molecule has 1 aromatic carbocycles. The van der Waals surface area contributed by atoms with Gasteiger partial charge < -0.3 is 14.6 Å². The average molecular weight is 388 g/mol. The van der Waals surface area contributed by atoms with Gasteiger partial charge in [0.05, 0.1) is 13.0 Å². The summed E-state index contributed by atoms with van der Waals surface area (Å²) in [5.41, 5.74) is 0.890.